The quantitative estimate of drug-likeness (QED) is 0.745. The minimum atomic E-state index is -0.163. The molecule has 1 aliphatic rings. The van der Waals surface area contributed by atoms with Gasteiger partial charge in [0.25, 0.3) is 5.91 Å². The molecule has 1 fully saturated rings. The maximum Gasteiger partial charge on any atom is 0.251 e. The highest BCUT2D eigenvalue weighted by molar-refractivity contribution is 5.94. The molecule has 1 aromatic rings. The van der Waals surface area contributed by atoms with Gasteiger partial charge in [-0.1, -0.05) is 0 Å². The Hall–Kier alpha value is -1.75. The summed E-state index contributed by atoms with van der Waals surface area (Å²) < 4.78 is 4.94. The first-order chi connectivity index (χ1) is 9.20. The minimum absolute atomic E-state index is 0.0184. The molecule has 0 saturated carbocycles. The van der Waals surface area contributed by atoms with Gasteiger partial charge in [0, 0.05) is 12.1 Å². The lowest BCUT2D eigenvalue weighted by Gasteiger charge is -2.10. The average molecular weight is 264 g/mol. The predicted molar refractivity (Wildman–Crippen MR) is 72.6 cm³/mol. The van der Waals surface area contributed by atoms with Crippen molar-refractivity contribution in [3.63, 3.8) is 0 Å². The molecule has 104 valence electrons. The fraction of sp³-hybridized carbons (Fsp3) is 0.500. The molecule has 0 aromatic heterocycles. The zero-order chi connectivity index (χ0) is 13.7. The van der Waals surface area contributed by atoms with Gasteiger partial charge in [0.05, 0.1) is 7.11 Å². The van der Waals surface area contributed by atoms with E-state index in [2.05, 4.69) is 10.6 Å². The van der Waals surface area contributed by atoms with Crippen LogP contribution in [0, 0.1) is 5.92 Å². The van der Waals surface area contributed by atoms with Crippen LogP contribution >= 0.6 is 0 Å². The summed E-state index contributed by atoms with van der Waals surface area (Å²) in [6.07, 6.45) is 2.17. The van der Waals surface area contributed by atoms with Gasteiger partial charge >= 0.3 is 0 Å². The largest absolute Gasteiger partial charge is 0.504 e. The highest BCUT2D eigenvalue weighted by Crippen LogP contribution is 2.26. The minimum Gasteiger partial charge on any atom is -0.504 e. The number of benzene rings is 1. The van der Waals surface area contributed by atoms with E-state index in [4.69, 9.17) is 4.74 Å². The van der Waals surface area contributed by atoms with E-state index in [1.165, 1.54) is 19.6 Å². The smallest absolute Gasteiger partial charge is 0.251 e. The van der Waals surface area contributed by atoms with E-state index in [0.29, 0.717) is 23.8 Å². The van der Waals surface area contributed by atoms with Crippen molar-refractivity contribution in [1.29, 1.82) is 0 Å². The number of aromatic hydroxyl groups is 1. The van der Waals surface area contributed by atoms with Gasteiger partial charge < -0.3 is 20.5 Å². The number of carbonyl (C=O) groups excluding carboxylic acids is 1. The molecule has 5 nitrogen and oxygen atoms in total. The zero-order valence-corrected chi connectivity index (χ0v) is 11.1. The summed E-state index contributed by atoms with van der Waals surface area (Å²) >= 11 is 0. The van der Waals surface area contributed by atoms with Crippen molar-refractivity contribution in [3.8, 4) is 11.5 Å². The summed E-state index contributed by atoms with van der Waals surface area (Å²) in [5, 5.41) is 15.8. The molecular formula is C14H20N2O3. The summed E-state index contributed by atoms with van der Waals surface area (Å²) in [4.78, 5) is 11.9. The van der Waals surface area contributed by atoms with Crippen molar-refractivity contribution in [2.45, 2.75) is 12.8 Å². The normalized spacial score (nSPS) is 18.3. The Kier molecular flexibility index (Phi) is 4.63. The highest BCUT2D eigenvalue weighted by Gasteiger charge is 2.15. The van der Waals surface area contributed by atoms with Gasteiger partial charge in [0.1, 0.15) is 0 Å². The maximum atomic E-state index is 11.9. The molecule has 3 N–H and O–H groups in total. The average Bonchev–Trinajstić information content (AvgIpc) is 2.91. The van der Waals surface area contributed by atoms with Gasteiger partial charge in [-0.05, 0) is 50.0 Å². The molecule has 1 aliphatic heterocycles. The van der Waals surface area contributed by atoms with Crippen LogP contribution in [0.15, 0.2) is 18.2 Å². The van der Waals surface area contributed by atoms with Crippen molar-refractivity contribution in [2.75, 3.05) is 26.7 Å². The van der Waals surface area contributed by atoms with E-state index in [1.807, 2.05) is 0 Å². The van der Waals surface area contributed by atoms with Crippen LogP contribution in [-0.2, 0) is 0 Å². The molecule has 1 heterocycles. The van der Waals surface area contributed by atoms with Crippen molar-refractivity contribution < 1.29 is 14.6 Å². The number of rotatable bonds is 5. The highest BCUT2D eigenvalue weighted by atomic mass is 16.5. The molecular weight excluding hydrogens is 244 g/mol. The molecule has 1 unspecified atom stereocenters. The molecule has 5 heteroatoms. The fourth-order valence-corrected chi connectivity index (χ4v) is 2.28. The van der Waals surface area contributed by atoms with Crippen molar-refractivity contribution in [3.05, 3.63) is 23.8 Å². The fourth-order valence-electron chi connectivity index (χ4n) is 2.28. The Labute approximate surface area is 113 Å². The number of nitrogens with one attached hydrogen (secondary N) is 2. The molecule has 1 aromatic carbocycles. The lowest BCUT2D eigenvalue weighted by Crippen LogP contribution is -2.26. The van der Waals surface area contributed by atoms with Crippen LogP contribution < -0.4 is 15.4 Å². The van der Waals surface area contributed by atoms with Gasteiger partial charge in [-0.2, -0.15) is 0 Å². The van der Waals surface area contributed by atoms with Gasteiger partial charge in [-0.15, -0.1) is 0 Å². The van der Waals surface area contributed by atoms with Crippen LogP contribution in [0.3, 0.4) is 0 Å². The third-order valence-electron chi connectivity index (χ3n) is 3.44. The standard InChI is InChI=1S/C14H20N2O3/c1-19-13-3-2-11(8-12(13)17)14(18)16-7-5-10-4-6-15-9-10/h2-3,8,10,15,17H,4-7,9H2,1H3,(H,16,18). The number of phenolic OH excluding ortho intramolecular Hbond substituents is 1. The Morgan fingerprint density at radius 3 is 3.05 bits per heavy atom. The van der Waals surface area contributed by atoms with Crippen LogP contribution in [0.1, 0.15) is 23.2 Å². The topological polar surface area (TPSA) is 70.6 Å². The van der Waals surface area contributed by atoms with Crippen molar-refractivity contribution in [1.82, 2.24) is 10.6 Å². The first-order valence-corrected chi connectivity index (χ1v) is 6.56. The summed E-state index contributed by atoms with van der Waals surface area (Å²) in [5.41, 5.74) is 0.447. The number of hydrogen-bond donors (Lipinski definition) is 3. The van der Waals surface area contributed by atoms with Crippen LogP contribution in [-0.4, -0.2) is 37.8 Å². The number of phenols is 1. The Balaban J connectivity index is 1.83. The number of amides is 1. The molecule has 1 atom stereocenters. The van der Waals surface area contributed by atoms with Gasteiger partial charge in [0.2, 0.25) is 0 Å². The first-order valence-electron chi connectivity index (χ1n) is 6.56. The second-order valence-electron chi connectivity index (χ2n) is 4.79. The Morgan fingerprint density at radius 1 is 1.58 bits per heavy atom. The molecule has 2 rings (SSSR count). The molecule has 0 aliphatic carbocycles. The van der Waals surface area contributed by atoms with Gasteiger partial charge in [0.15, 0.2) is 11.5 Å². The van der Waals surface area contributed by atoms with E-state index in [9.17, 15) is 9.90 Å². The summed E-state index contributed by atoms with van der Waals surface area (Å²) in [6.45, 7) is 2.78. The Bertz CT molecular complexity index is 442. The van der Waals surface area contributed by atoms with E-state index < -0.39 is 0 Å². The number of hydrogen-bond acceptors (Lipinski definition) is 4. The Morgan fingerprint density at radius 2 is 2.42 bits per heavy atom. The summed E-state index contributed by atoms with van der Waals surface area (Å²) in [6, 6.07) is 4.65. The lowest BCUT2D eigenvalue weighted by atomic mass is 10.1. The second kappa shape index (κ2) is 6.43. The number of ether oxygens (including phenoxy) is 1. The predicted octanol–water partition coefficient (Wildman–Crippen LogP) is 1.13. The van der Waals surface area contributed by atoms with Gasteiger partial charge in [-0.25, -0.2) is 0 Å². The van der Waals surface area contributed by atoms with Gasteiger partial charge in [-0.3, -0.25) is 4.79 Å². The zero-order valence-electron chi connectivity index (χ0n) is 11.1. The van der Waals surface area contributed by atoms with Crippen molar-refractivity contribution in [2.24, 2.45) is 5.92 Å². The monoisotopic (exact) mass is 264 g/mol. The summed E-state index contributed by atoms with van der Waals surface area (Å²) in [7, 11) is 1.48. The molecule has 1 amide bonds. The number of methoxy groups -OCH3 is 1. The SMILES string of the molecule is COc1ccc(C(=O)NCCC2CCNC2)cc1O. The van der Waals surface area contributed by atoms with E-state index in [0.717, 1.165) is 19.5 Å². The third kappa shape index (κ3) is 3.61. The molecule has 1 saturated heterocycles. The van der Waals surface area contributed by atoms with E-state index in [1.54, 1.807) is 12.1 Å². The van der Waals surface area contributed by atoms with Crippen LogP contribution in [0.5, 0.6) is 11.5 Å². The molecule has 0 radical (unpaired) electrons. The first kappa shape index (κ1) is 13.7. The third-order valence-corrected chi connectivity index (χ3v) is 3.44. The van der Waals surface area contributed by atoms with E-state index >= 15 is 0 Å². The molecule has 0 spiro atoms. The number of carbonyl (C=O) groups is 1. The van der Waals surface area contributed by atoms with Crippen molar-refractivity contribution >= 4 is 5.91 Å². The molecule has 0 bridgehead atoms. The maximum absolute atomic E-state index is 11.9. The summed E-state index contributed by atoms with van der Waals surface area (Å²) in [5.74, 6) is 0.845. The second-order valence-corrected chi connectivity index (χ2v) is 4.79. The van der Waals surface area contributed by atoms with Crippen LogP contribution in [0.25, 0.3) is 0 Å². The van der Waals surface area contributed by atoms with Crippen LogP contribution in [0.2, 0.25) is 0 Å². The molecule has 19 heavy (non-hydrogen) atoms. The lowest BCUT2D eigenvalue weighted by molar-refractivity contribution is 0.0951. The van der Waals surface area contributed by atoms with E-state index in [-0.39, 0.29) is 11.7 Å². The van der Waals surface area contributed by atoms with Crippen LogP contribution in [0.4, 0.5) is 0 Å².